The first kappa shape index (κ1) is 18.5. The number of thiazole rings is 1. The van der Waals surface area contributed by atoms with Gasteiger partial charge in [0.25, 0.3) is 5.91 Å². The predicted molar refractivity (Wildman–Crippen MR) is 96.6 cm³/mol. The number of carbonyl (C=O) groups excluding carboxylic acids is 1. The Morgan fingerprint density at radius 2 is 2.19 bits per heavy atom. The zero-order chi connectivity index (χ0) is 18.8. The minimum absolute atomic E-state index is 0.0278. The van der Waals surface area contributed by atoms with E-state index in [2.05, 4.69) is 9.97 Å². The van der Waals surface area contributed by atoms with Gasteiger partial charge in [0.05, 0.1) is 12.2 Å². The minimum atomic E-state index is -2.70. The Hall–Kier alpha value is -2.32. The smallest absolute Gasteiger partial charge is 0.319 e. The number of aryl methyl sites for hydroxylation is 1. The van der Waals surface area contributed by atoms with Crippen LogP contribution in [0, 0.1) is 6.92 Å². The van der Waals surface area contributed by atoms with Crippen LogP contribution >= 0.6 is 22.9 Å². The number of amides is 1. The van der Waals surface area contributed by atoms with Crippen LogP contribution in [0.3, 0.4) is 0 Å². The Balaban J connectivity index is 1.82. The molecule has 0 atom stereocenters. The maximum atomic E-state index is 12.9. The molecule has 0 saturated heterocycles. The van der Waals surface area contributed by atoms with Gasteiger partial charge in [-0.2, -0.15) is 8.78 Å². The molecule has 0 unspecified atom stereocenters. The molecule has 0 aliphatic heterocycles. The van der Waals surface area contributed by atoms with E-state index in [9.17, 15) is 13.6 Å². The highest BCUT2D eigenvalue weighted by molar-refractivity contribution is 7.17. The van der Waals surface area contributed by atoms with Crippen LogP contribution in [-0.2, 0) is 6.54 Å². The summed E-state index contributed by atoms with van der Waals surface area (Å²) in [6.45, 7) is -0.985. The third kappa shape index (κ3) is 3.76. The van der Waals surface area contributed by atoms with Crippen LogP contribution in [0.2, 0.25) is 5.02 Å². The van der Waals surface area contributed by atoms with E-state index in [1.54, 1.807) is 26.1 Å². The van der Waals surface area contributed by atoms with Gasteiger partial charge in [-0.05, 0) is 19.1 Å². The van der Waals surface area contributed by atoms with Crippen LogP contribution in [0.1, 0.15) is 27.7 Å². The van der Waals surface area contributed by atoms with Gasteiger partial charge in [-0.1, -0.05) is 23.7 Å². The maximum absolute atomic E-state index is 12.9. The van der Waals surface area contributed by atoms with Crippen molar-refractivity contribution in [3.8, 4) is 10.6 Å². The number of hydrogen-bond donors (Lipinski definition) is 0. The van der Waals surface area contributed by atoms with Crippen molar-refractivity contribution in [1.82, 2.24) is 19.4 Å². The number of hydrogen-bond acceptors (Lipinski definition) is 4. The highest BCUT2D eigenvalue weighted by Gasteiger charge is 2.22. The van der Waals surface area contributed by atoms with E-state index >= 15 is 0 Å². The molecule has 0 fully saturated rings. The predicted octanol–water partition coefficient (Wildman–Crippen LogP) is 4.64. The van der Waals surface area contributed by atoms with E-state index in [0.717, 1.165) is 10.1 Å². The molecule has 5 nitrogen and oxygen atoms in total. The highest BCUT2D eigenvalue weighted by Crippen LogP contribution is 2.30. The van der Waals surface area contributed by atoms with Gasteiger partial charge in [0, 0.05) is 30.0 Å². The maximum Gasteiger partial charge on any atom is 0.319 e. The van der Waals surface area contributed by atoms with Crippen LogP contribution in [0.25, 0.3) is 10.6 Å². The van der Waals surface area contributed by atoms with Crippen LogP contribution in [-0.4, -0.2) is 32.4 Å². The monoisotopic (exact) mass is 396 g/mol. The zero-order valence-corrected chi connectivity index (χ0v) is 15.6. The number of alkyl halides is 2. The molecule has 9 heteroatoms. The largest absolute Gasteiger partial charge is 0.333 e. The first-order valence-electron chi connectivity index (χ1n) is 7.65. The molecule has 136 valence electrons. The van der Waals surface area contributed by atoms with E-state index in [1.165, 1.54) is 28.6 Å². The second kappa shape index (κ2) is 7.51. The lowest BCUT2D eigenvalue weighted by Crippen LogP contribution is -2.27. The molecular weight excluding hydrogens is 382 g/mol. The van der Waals surface area contributed by atoms with Crippen molar-refractivity contribution in [3.63, 3.8) is 0 Å². The fraction of sp³-hybridized carbons (Fsp3) is 0.235. The standard InChI is InChI=1S/C17H15ClF2N4OS/c1-10-14(26-15(22-10)11-4-3-5-12(18)8-11)16(25)23(2)9-13-21-6-7-24(13)17(19)20/h3-8,17H,9H2,1-2H3. The van der Waals surface area contributed by atoms with Crippen LogP contribution in [0.15, 0.2) is 36.7 Å². The first-order chi connectivity index (χ1) is 12.4. The zero-order valence-electron chi connectivity index (χ0n) is 14.0. The normalized spacial score (nSPS) is 11.2. The Morgan fingerprint density at radius 3 is 2.88 bits per heavy atom. The lowest BCUT2D eigenvalue weighted by atomic mass is 10.2. The number of carbonyl (C=O) groups is 1. The highest BCUT2D eigenvalue weighted by atomic mass is 35.5. The van der Waals surface area contributed by atoms with Crippen molar-refractivity contribution in [2.75, 3.05) is 7.05 Å². The molecule has 26 heavy (non-hydrogen) atoms. The minimum Gasteiger partial charge on any atom is -0.333 e. The Morgan fingerprint density at radius 1 is 1.42 bits per heavy atom. The number of halogens is 3. The van der Waals surface area contributed by atoms with E-state index in [-0.39, 0.29) is 18.3 Å². The van der Waals surface area contributed by atoms with E-state index in [4.69, 9.17) is 11.6 Å². The van der Waals surface area contributed by atoms with Gasteiger partial charge in [0.2, 0.25) is 0 Å². The molecule has 2 heterocycles. The van der Waals surface area contributed by atoms with E-state index in [1.807, 2.05) is 12.1 Å². The molecule has 1 amide bonds. The number of benzene rings is 1. The number of imidazole rings is 1. The van der Waals surface area contributed by atoms with Gasteiger partial charge in [0.15, 0.2) is 0 Å². The fourth-order valence-corrected chi connectivity index (χ4v) is 3.69. The molecule has 0 aliphatic rings. The topological polar surface area (TPSA) is 51.0 Å². The van der Waals surface area contributed by atoms with Gasteiger partial charge >= 0.3 is 6.55 Å². The summed E-state index contributed by atoms with van der Waals surface area (Å²) in [7, 11) is 1.55. The van der Waals surface area contributed by atoms with Gasteiger partial charge in [-0.25, -0.2) is 9.97 Å². The summed E-state index contributed by atoms with van der Waals surface area (Å²) < 4.78 is 26.6. The molecule has 3 aromatic rings. The third-order valence-electron chi connectivity index (χ3n) is 3.75. The molecule has 0 bridgehead atoms. The second-order valence-corrected chi connectivity index (χ2v) is 7.07. The van der Waals surface area contributed by atoms with Crippen LogP contribution < -0.4 is 0 Å². The molecule has 2 aromatic heterocycles. The van der Waals surface area contributed by atoms with Gasteiger partial charge in [0.1, 0.15) is 15.7 Å². The van der Waals surface area contributed by atoms with Crippen molar-refractivity contribution in [2.45, 2.75) is 20.0 Å². The molecule has 1 aromatic carbocycles. The lowest BCUT2D eigenvalue weighted by molar-refractivity contribution is 0.0613. The second-order valence-electron chi connectivity index (χ2n) is 5.63. The molecule has 0 saturated carbocycles. The Bertz CT molecular complexity index is 940. The van der Waals surface area contributed by atoms with E-state index < -0.39 is 6.55 Å². The average Bonchev–Trinajstić information content (AvgIpc) is 3.20. The number of aromatic nitrogens is 3. The van der Waals surface area contributed by atoms with Crippen molar-refractivity contribution in [2.24, 2.45) is 0 Å². The SMILES string of the molecule is Cc1nc(-c2cccc(Cl)c2)sc1C(=O)N(C)Cc1nccn1C(F)F. The summed E-state index contributed by atoms with van der Waals surface area (Å²) in [6, 6.07) is 7.21. The lowest BCUT2D eigenvalue weighted by Gasteiger charge is -2.17. The number of rotatable bonds is 5. The van der Waals surface area contributed by atoms with Crippen LogP contribution in [0.5, 0.6) is 0 Å². The summed E-state index contributed by atoms with van der Waals surface area (Å²) in [5.41, 5.74) is 1.40. The molecule has 0 N–H and O–H groups in total. The van der Waals surface area contributed by atoms with Gasteiger partial charge < -0.3 is 4.90 Å². The van der Waals surface area contributed by atoms with Gasteiger partial charge in [-0.15, -0.1) is 11.3 Å². The average molecular weight is 397 g/mol. The molecular formula is C17H15ClF2N4OS. The van der Waals surface area contributed by atoms with Crippen molar-refractivity contribution in [3.05, 3.63) is 58.1 Å². The van der Waals surface area contributed by atoms with E-state index in [0.29, 0.717) is 20.6 Å². The Kier molecular flexibility index (Phi) is 5.33. The molecule has 3 rings (SSSR count). The molecule has 0 radical (unpaired) electrons. The van der Waals surface area contributed by atoms with Gasteiger partial charge in [-0.3, -0.25) is 9.36 Å². The first-order valence-corrected chi connectivity index (χ1v) is 8.85. The number of nitrogens with zero attached hydrogens (tertiary/aromatic N) is 4. The quantitative estimate of drug-likeness (QED) is 0.631. The summed E-state index contributed by atoms with van der Waals surface area (Å²) in [5, 5.41) is 1.26. The summed E-state index contributed by atoms with van der Waals surface area (Å²) in [4.78, 5) is 22.9. The summed E-state index contributed by atoms with van der Waals surface area (Å²) in [6.07, 6.45) is 2.47. The van der Waals surface area contributed by atoms with Crippen molar-refractivity contribution >= 4 is 28.8 Å². The molecule has 0 aliphatic carbocycles. The third-order valence-corrected chi connectivity index (χ3v) is 5.18. The van der Waals surface area contributed by atoms with Crippen molar-refractivity contribution < 1.29 is 13.6 Å². The molecule has 0 spiro atoms. The fourth-order valence-electron chi connectivity index (χ4n) is 2.44. The van der Waals surface area contributed by atoms with Crippen molar-refractivity contribution in [1.29, 1.82) is 0 Å². The van der Waals surface area contributed by atoms with Crippen LogP contribution in [0.4, 0.5) is 8.78 Å². The summed E-state index contributed by atoms with van der Waals surface area (Å²) >= 11 is 7.25. The summed E-state index contributed by atoms with van der Waals surface area (Å²) in [5.74, 6) is -0.176. The Labute approximate surface area is 157 Å².